The summed E-state index contributed by atoms with van der Waals surface area (Å²) >= 11 is 0. The van der Waals surface area contributed by atoms with Gasteiger partial charge in [-0.3, -0.25) is 4.79 Å². The smallest absolute Gasteiger partial charge is 0.219 e. The van der Waals surface area contributed by atoms with Crippen molar-refractivity contribution in [1.29, 1.82) is 0 Å². The minimum Gasteiger partial charge on any atom is -0.383 e. The summed E-state index contributed by atoms with van der Waals surface area (Å²) in [5, 5.41) is 12.9. The maximum absolute atomic E-state index is 11.4. The second kappa shape index (κ2) is 9.47. The summed E-state index contributed by atoms with van der Waals surface area (Å²) in [6.07, 6.45) is 9.79. The third kappa shape index (κ3) is 4.50. The maximum Gasteiger partial charge on any atom is 0.219 e. The Balaban J connectivity index is 1.47. The Hall–Kier alpha value is -3.76. The lowest BCUT2D eigenvalue weighted by atomic mass is 10.0. The number of nitrogens with one attached hydrogen (secondary N) is 1. The highest BCUT2D eigenvalue weighted by Crippen LogP contribution is 2.48. The summed E-state index contributed by atoms with van der Waals surface area (Å²) in [5.74, 6) is 1.63. The Labute approximate surface area is 203 Å². The quantitative estimate of drug-likeness (QED) is 0.329. The van der Waals surface area contributed by atoms with Gasteiger partial charge in [0, 0.05) is 37.7 Å². The van der Waals surface area contributed by atoms with Crippen LogP contribution in [0.15, 0.2) is 23.4 Å². The molecule has 0 saturated heterocycles. The van der Waals surface area contributed by atoms with Gasteiger partial charge in [-0.15, -0.1) is 0 Å². The molecule has 3 N–H and O–H groups in total. The summed E-state index contributed by atoms with van der Waals surface area (Å²) in [4.78, 5) is 24.7. The van der Waals surface area contributed by atoms with Crippen molar-refractivity contribution in [3.63, 3.8) is 0 Å². The first-order chi connectivity index (χ1) is 17.0. The molecule has 11 nitrogen and oxygen atoms in total. The minimum atomic E-state index is 0.0834. The Morgan fingerprint density at radius 3 is 2.80 bits per heavy atom. The number of rotatable bonds is 10. The summed E-state index contributed by atoms with van der Waals surface area (Å²) in [6.45, 7) is 7.44. The van der Waals surface area contributed by atoms with E-state index in [1.54, 1.807) is 0 Å². The molecule has 0 atom stereocenters. The van der Waals surface area contributed by atoms with Crippen LogP contribution in [0.1, 0.15) is 70.6 Å². The number of unbranched alkanes of at least 4 members (excludes halogenated alkanes) is 1. The number of nitrogens with zero attached hydrogens (tertiary/aromatic N) is 7. The van der Waals surface area contributed by atoms with Gasteiger partial charge in [-0.1, -0.05) is 12.1 Å². The largest absolute Gasteiger partial charge is 0.383 e. The standard InChI is InChI=1S/C24H31N9O2/c1-4-17(34)26-9-5-6-10-32-11-16(29-13-32)18-21(31-35-22(18)15-7-8-15)20-19-23(25)27-12-28-24(19)33(30-20)14(2)3/h11-15H,4-10H2,1-3H3,(H,26,34)(H2,25,27,28). The van der Waals surface area contributed by atoms with E-state index in [9.17, 15) is 4.79 Å². The van der Waals surface area contributed by atoms with E-state index < -0.39 is 0 Å². The van der Waals surface area contributed by atoms with Gasteiger partial charge < -0.3 is 20.1 Å². The van der Waals surface area contributed by atoms with Crippen molar-refractivity contribution in [2.45, 2.75) is 71.4 Å². The van der Waals surface area contributed by atoms with Crippen LogP contribution in [-0.2, 0) is 11.3 Å². The fourth-order valence-electron chi connectivity index (χ4n) is 4.24. The van der Waals surface area contributed by atoms with E-state index in [2.05, 4.69) is 25.0 Å². The SMILES string of the molecule is CCC(=O)NCCCCn1cnc(-c2c(-c3nn(C(C)C)c4ncnc(N)c34)noc2C2CC2)c1. The lowest BCUT2D eigenvalue weighted by Crippen LogP contribution is -2.23. The Bertz CT molecular complexity index is 1350. The predicted octanol–water partition coefficient (Wildman–Crippen LogP) is 3.69. The van der Waals surface area contributed by atoms with Crippen LogP contribution < -0.4 is 11.1 Å². The number of nitrogen functional groups attached to an aromatic ring is 1. The number of amides is 1. The monoisotopic (exact) mass is 477 g/mol. The Morgan fingerprint density at radius 1 is 1.23 bits per heavy atom. The lowest BCUT2D eigenvalue weighted by Gasteiger charge is -2.05. The molecule has 1 aliphatic carbocycles. The van der Waals surface area contributed by atoms with Crippen molar-refractivity contribution in [2.75, 3.05) is 12.3 Å². The highest BCUT2D eigenvalue weighted by Gasteiger charge is 2.35. The Kier molecular flexibility index (Phi) is 6.23. The van der Waals surface area contributed by atoms with Crippen molar-refractivity contribution in [3.05, 3.63) is 24.6 Å². The third-order valence-electron chi connectivity index (χ3n) is 6.27. The average Bonchev–Trinajstić information content (AvgIpc) is 3.25. The molecule has 4 aromatic rings. The van der Waals surface area contributed by atoms with Crippen molar-refractivity contribution in [2.24, 2.45) is 0 Å². The Morgan fingerprint density at radius 2 is 2.06 bits per heavy atom. The van der Waals surface area contributed by atoms with Gasteiger partial charge >= 0.3 is 0 Å². The first-order valence-corrected chi connectivity index (χ1v) is 12.2. The number of fused-ring (bicyclic) bond motifs is 1. The fourth-order valence-corrected chi connectivity index (χ4v) is 4.24. The molecule has 0 aliphatic heterocycles. The van der Waals surface area contributed by atoms with E-state index in [4.69, 9.17) is 20.3 Å². The summed E-state index contributed by atoms with van der Waals surface area (Å²) in [5.41, 5.74) is 9.83. The molecule has 0 bridgehead atoms. The molecule has 35 heavy (non-hydrogen) atoms. The molecule has 1 amide bonds. The van der Waals surface area contributed by atoms with Gasteiger partial charge in [-0.05, 0) is 39.5 Å². The summed E-state index contributed by atoms with van der Waals surface area (Å²) in [6, 6.07) is 0.0834. The molecule has 184 valence electrons. The molecule has 1 aliphatic rings. The summed E-state index contributed by atoms with van der Waals surface area (Å²) < 4.78 is 9.78. The number of aryl methyl sites for hydroxylation is 1. The number of imidazole rings is 1. The van der Waals surface area contributed by atoms with Gasteiger partial charge in [-0.25, -0.2) is 19.6 Å². The van der Waals surface area contributed by atoms with Crippen LogP contribution in [0.5, 0.6) is 0 Å². The molecule has 5 rings (SSSR count). The van der Waals surface area contributed by atoms with Gasteiger partial charge in [0.25, 0.3) is 0 Å². The molecule has 0 spiro atoms. The number of carbonyl (C=O) groups is 1. The van der Waals surface area contributed by atoms with E-state index in [1.165, 1.54) is 6.33 Å². The number of hydrogen-bond acceptors (Lipinski definition) is 8. The van der Waals surface area contributed by atoms with Crippen molar-refractivity contribution < 1.29 is 9.32 Å². The topological polar surface area (TPSA) is 143 Å². The minimum absolute atomic E-state index is 0.0834. The van der Waals surface area contributed by atoms with Gasteiger partial charge in [0.2, 0.25) is 5.91 Å². The number of anilines is 1. The van der Waals surface area contributed by atoms with Crippen LogP contribution in [0.2, 0.25) is 0 Å². The first-order valence-electron chi connectivity index (χ1n) is 12.2. The molecule has 0 unspecified atom stereocenters. The second-order valence-electron chi connectivity index (χ2n) is 9.30. The van der Waals surface area contributed by atoms with Gasteiger partial charge in [0.05, 0.1) is 23.0 Å². The molecule has 11 heteroatoms. The number of carbonyl (C=O) groups excluding carboxylic acids is 1. The number of aromatic nitrogens is 7. The van der Waals surface area contributed by atoms with Crippen LogP contribution in [0.25, 0.3) is 33.7 Å². The first kappa shape index (κ1) is 23.0. The molecule has 0 radical (unpaired) electrons. The van der Waals surface area contributed by atoms with E-state index in [1.807, 2.05) is 38.0 Å². The van der Waals surface area contributed by atoms with Crippen LogP contribution in [0.4, 0.5) is 5.82 Å². The molecule has 1 saturated carbocycles. The van der Waals surface area contributed by atoms with Crippen molar-refractivity contribution in [3.8, 4) is 22.6 Å². The van der Waals surface area contributed by atoms with Crippen LogP contribution in [0.3, 0.4) is 0 Å². The molecule has 0 aromatic carbocycles. The van der Waals surface area contributed by atoms with E-state index in [-0.39, 0.29) is 11.9 Å². The third-order valence-corrected chi connectivity index (χ3v) is 6.27. The lowest BCUT2D eigenvalue weighted by molar-refractivity contribution is -0.120. The zero-order valence-electron chi connectivity index (χ0n) is 20.4. The normalized spacial score (nSPS) is 13.7. The number of hydrogen-bond donors (Lipinski definition) is 2. The average molecular weight is 478 g/mol. The maximum atomic E-state index is 11.4. The molecular weight excluding hydrogens is 446 g/mol. The molecular formula is C24H31N9O2. The fraction of sp³-hybridized carbons (Fsp3) is 0.500. The van der Waals surface area contributed by atoms with Crippen LogP contribution >= 0.6 is 0 Å². The van der Waals surface area contributed by atoms with E-state index in [0.717, 1.165) is 49.2 Å². The van der Waals surface area contributed by atoms with Gasteiger partial charge in [0.1, 0.15) is 29.3 Å². The zero-order valence-corrected chi connectivity index (χ0v) is 20.4. The molecule has 1 fully saturated rings. The van der Waals surface area contributed by atoms with Gasteiger partial charge in [0.15, 0.2) is 5.65 Å². The van der Waals surface area contributed by atoms with Crippen molar-refractivity contribution in [1.82, 2.24) is 39.8 Å². The second-order valence-corrected chi connectivity index (χ2v) is 9.30. The van der Waals surface area contributed by atoms with E-state index in [0.29, 0.717) is 47.1 Å². The molecule has 4 aromatic heterocycles. The molecule has 4 heterocycles. The number of nitrogens with two attached hydrogens (primary N) is 1. The predicted molar refractivity (Wildman–Crippen MR) is 131 cm³/mol. The van der Waals surface area contributed by atoms with Gasteiger partial charge in [-0.2, -0.15) is 5.10 Å². The van der Waals surface area contributed by atoms with Crippen LogP contribution in [-0.4, -0.2) is 46.9 Å². The van der Waals surface area contributed by atoms with Crippen LogP contribution in [0, 0.1) is 0 Å². The van der Waals surface area contributed by atoms with Crippen molar-refractivity contribution >= 4 is 22.8 Å². The van der Waals surface area contributed by atoms with E-state index >= 15 is 0 Å². The highest BCUT2D eigenvalue weighted by atomic mass is 16.5. The summed E-state index contributed by atoms with van der Waals surface area (Å²) in [7, 11) is 0. The highest BCUT2D eigenvalue weighted by molar-refractivity contribution is 6.00. The zero-order chi connectivity index (χ0) is 24.5.